The van der Waals surface area contributed by atoms with Crippen LogP contribution in [0.15, 0.2) is 30.3 Å². The van der Waals surface area contributed by atoms with Crippen LogP contribution < -0.4 is 5.32 Å². The second-order valence-electron chi connectivity index (χ2n) is 7.60. The van der Waals surface area contributed by atoms with Crippen molar-refractivity contribution in [3.63, 3.8) is 0 Å². The van der Waals surface area contributed by atoms with Gasteiger partial charge in [-0.05, 0) is 37.3 Å². The number of piperidine rings is 1. The number of carbonyl (C=O) groups is 1. The highest BCUT2D eigenvalue weighted by atomic mass is 16.5. The number of ether oxygens (including phenoxy) is 1. The lowest BCUT2D eigenvalue weighted by molar-refractivity contribution is -0.123. The number of carbonyl (C=O) groups excluding carboxylic acids is 1. The number of hydrogen-bond acceptors (Lipinski definition) is 4. The Bertz CT molecular complexity index is 557. The normalized spacial score (nSPS) is 27.0. The fraction of sp³-hybridized carbons (Fsp3) is 0.650. The molecule has 5 heteroatoms. The fourth-order valence-corrected chi connectivity index (χ4v) is 3.91. The van der Waals surface area contributed by atoms with Crippen LogP contribution in [0, 0.1) is 5.92 Å². The first-order chi connectivity index (χ1) is 12.1. The Kier molecular flexibility index (Phi) is 6.10. The lowest BCUT2D eigenvalue weighted by Gasteiger charge is -2.38. The Hall–Kier alpha value is -1.43. The van der Waals surface area contributed by atoms with Crippen LogP contribution in [0.3, 0.4) is 0 Å². The number of rotatable bonds is 5. The highest BCUT2D eigenvalue weighted by Gasteiger charge is 2.35. The van der Waals surface area contributed by atoms with Crippen LogP contribution in [0.25, 0.3) is 0 Å². The average molecular weight is 346 g/mol. The van der Waals surface area contributed by atoms with Gasteiger partial charge in [-0.25, -0.2) is 0 Å². The second-order valence-corrected chi connectivity index (χ2v) is 7.60. The first kappa shape index (κ1) is 18.4. The van der Waals surface area contributed by atoms with E-state index in [2.05, 4.69) is 41.4 Å². The number of amides is 1. The van der Waals surface area contributed by atoms with E-state index in [-0.39, 0.29) is 17.4 Å². The Morgan fingerprint density at radius 3 is 2.72 bits per heavy atom. The van der Waals surface area contributed by atoms with Crippen LogP contribution in [-0.4, -0.2) is 61.4 Å². The maximum absolute atomic E-state index is 12.5. The number of β-amino-alcohol motifs (C(OH)–C–C–N with tert-alkyl or cyclic N) is 1. The Morgan fingerprint density at radius 2 is 2.04 bits per heavy atom. The summed E-state index contributed by atoms with van der Waals surface area (Å²) in [5.41, 5.74) is 1.24. The molecule has 2 unspecified atom stereocenters. The Labute approximate surface area is 150 Å². The number of likely N-dealkylation sites (tertiary alicyclic amines) is 1. The van der Waals surface area contributed by atoms with E-state index < -0.39 is 0 Å². The molecular formula is C20H30N2O3. The van der Waals surface area contributed by atoms with E-state index in [0.29, 0.717) is 25.6 Å². The van der Waals surface area contributed by atoms with Crippen LogP contribution >= 0.6 is 0 Å². The molecule has 0 aliphatic carbocycles. The summed E-state index contributed by atoms with van der Waals surface area (Å²) in [4.78, 5) is 14.5. The molecule has 2 fully saturated rings. The van der Waals surface area contributed by atoms with E-state index in [1.165, 1.54) is 5.56 Å². The summed E-state index contributed by atoms with van der Waals surface area (Å²) in [6.07, 6.45) is 2.47. The molecule has 2 atom stereocenters. The summed E-state index contributed by atoms with van der Waals surface area (Å²) >= 11 is 0. The van der Waals surface area contributed by atoms with Gasteiger partial charge in [0, 0.05) is 31.7 Å². The lowest BCUT2D eigenvalue weighted by atomic mass is 9.74. The molecule has 3 rings (SSSR count). The SMILES string of the molecule is CC1CCN(CC(=O)NCC2(c3ccccc3)CCOCC2)CC1O. The largest absolute Gasteiger partial charge is 0.392 e. The summed E-state index contributed by atoms with van der Waals surface area (Å²) in [5, 5.41) is 13.1. The second kappa shape index (κ2) is 8.30. The summed E-state index contributed by atoms with van der Waals surface area (Å²) in [6.45, 7) is 6.02. The highest BCUT2D eigenvalue weighted by molar-refractivity contribution is 5.78. The van der Waals surface area contributed by atoms with Crippen LogP contribution in [0.1, 0.15) is 31.7 Å². The zero-order valence-corrected chi connectivity index (χ0v) is 15.1. The van der Waals surface area contributed by atoms with E-state index in [0.717, 1.165) is 39.0 Å². The Balaban J connectivity index is 1.57. The predicted octanol–water partition coefficient (Wildman–Crippen LogP) is 1.55. The standard InChI is InChI=1S/C20H30N2O3/c1-16-7-10-22(13-18(16)23)14-19(24)21-15-20(8-11-25-12-9-20)17-5-3-2-4-6-17/h2-6,16,18,23H,7-15H2,1H3,(H,21,24). The summed E-state index contributed by atoms with van der Waals surface area (Å²) in [6, 6.07) is 10.5. The molecule has 1 amide bonds. The van der Waals surface area contributed by atoms with Gasteiger partial charge in [0.05, 0.1) is 12.6 Å². The van der Waals surface area contributed by atoms with E-state index in [4.69, 9.17) is 4.74 Å². The molecule has 0 bridgehead atoms. The van der Waals surface area contributed by atoms with E-state index >= 15 is 0 Å². The number of nitrogens with zero attached hydrogens (tertiary/aromatic N) is 1. The number of nitrogens with one attached hydrogen (secondary N) is 1. The molecule has 2 aliphatic rings. The third kappa shape index (κ3) is 4.60. The molecule has 1 aromatic carbocycles. The van der Waals surface area contributed by atoms with Gasteiger partial charge in [0.25, 0.3) is 0 Å². The van der Waals surface area contributed by atoms with Gasteiger partial charge in [0.15, 0.2) is 0 Å². The van der Waals surface area contributed by atoms with Crippen molar-refractivity contribution in [1.29, 1.82) is 0 Å². The van der Waals surface area contributed by atoms with Gasteiger partial charge in [-0.15, -0.1) is 0 Å². The highest BCUT2D eigenvalue weighted by Crippen LogP contribution is 2.34. The van der Waals surface area contributed by atoms with Crippen molar-refractivity contribution in [2.24, 2.45) is 5.92 Å². The zero-order valence-electron chi connectivity index (χ0n) is 15.1. The number of hydrogen-bond donors (Lipinski definition) is 2. The van der Waals surface area contributed by atoms with Gasteiger partial charge in [0.2, 0.25) is 5.91 Å². The van der Waals surface area contributed by atoms with Crippen LogP contribution in [0.2, 0.25) is 0 Å². The van der Waals surface area contributed by atoms with Crippen molar-refractivity contribution < 1.29 is 14.6 Å². The third-order valence-corrected chi connectivity index (χ3v) is 5.83. The third-order valence-electron chi connectivity index (χ3n) is 5.83. The van der Waals surface area contributed by atoms with Gasteiger partial charge in [0.1, 0.15) is 0 Å². The molecule has 138 valence electrons. The Morgan fingerprint density at radius 1 is 1.32 bits per heavy atom. The minimum Gasteiger partial charge on any atom is -0.392 e. The summed E-state index contributed by atoms with van der Waals surface area (Å²) in [7, 11) is 0. The van der Waals surface area contributed by atoms with E-state index in [1.807, 2.05) is 6.07 Å². The minimum absolute atomic E-state index is 0.0366. The quantitative estimate of drug-likeness (QED) is 0.849. The van der Waals surface area contributed by atoms with Crippen LogP contribution in [0.4, 0.5) is 0 Å². The van der Waals surface area contributed by atoms with E-state index in [9.17, 15) is 9.90 Å². The molecule has 2 saturated heterocycles. The van der Waals surface area contributed by atoms with Crippen molar-refractivity contribution in [1.82, 2.24) is 10.2 Å². The van der Waals surface area contributed by atoms with Crippen molar-refractivity contribution in [3.8, 4) is 0 Å². The van der Waals surface area contributed by atoms with E-state index in [1.54, 1.807) is 0 Å². The first-order valence-electron chi connectivity index (χ1n) is 9.39. The molecule has 2 heterocycles. The van der Waals surface area contributed by atoms with Crippen LogP contribution in [0.5, 0.6) is 0 Å². The zero-order chi connectivity index (χ0) is 17.7. The fourth-order valence-electron chi connectivity index (χ4n) is 3.91. The van der Waals surface area contributed by atoms with Gasteiger partial charge in [-0.3, -0.25) is 9.69 Å². The molecule has 25 heavy (non-hydrogen) atoms. The topological polar surface area (TPSA) is 61.8 Å². The molecule has 1 aromatic rings. The smallest absolute Gasteiger partial charge is 0.234 e. The minimum atomic E-state index is -0.326. The van der Waals surface area contributed by atoms with Gasteiger partial charge in [-0.1, -0.05) is 37.3 Å². The number of benzene rings is 1. The number of aliphatic hydroxyl groups is 1. The first-order valence-corrected chi connectivity index (χ1v) is 9.39. The molecule has 2 N–H and O–H groups in total. The van der Waals surface area contributed by atoms with Crippen molar-refractivity contribution in [3.05, 3.63) is 35.9 Å². The van der Waals surface area contributed by atoms with Gasteiger partial charge < -0.3 is 15.2 Å². The molecular weight excluding hydrogens is 316 g/mol. The summed E-state index contributed by atoms with van der Waals surface area (Å²) < 4.78 is 5.55. The molecule has 0 aromatic heterocycles. The van der Waals surface area contributed by atoms with Crippen molar-refractivity contribution in [2.45, 2.75) is 37.7 Å². The maximum Gasteiger partial charge on any atom is 0.234 e. The van der Waals surface area contributed by atoms with Crippen LogP contribution in [-0.2, 0) is 14.9 Å². The summed E-state index contributed by atoms with van der Waals surface area (Å²) in [5.74, 6) is 0.367. The molecule has 0 saturated carbocycles. The maximum atomic E-state index is 12.5. The molecule has 0 spiro atoms. The van der Waals surface area contributed by atoms with Gasteiger partial charge >= 0.3 is 0 Å². The average Bonchev–Trinajstić information content (AvgIpc) is 2.65. The van der Waals surface area contributed by atoms with Gasteiger partial charge in [-0.2, -0.15) is 0 Å². The van der Waals surface area contributed by atoms with Crippen molar-refractivity contribution >= 4 is 5.91 Å². The molecule has 5 nitrogen and oxygen atoms in total. The monoisotopic (exact) mass is 346 g/mol. The van der Waals surface area contributed by atoms with Crippen molar-refractivity contribution in [2.75, 3.05) is 39.4 Å². The lowest BCUT2D eigenvalue weighted by Crippen LogP contribution is -2.50. The predicted molar refractivity (Wildman–Crippen MR) is 97.4 cm³/mol. The number of aliphatic hydroxyl groups excluding tert-OH is 1. The molecule has 2 aliphatic heterocycles. The molecule has 0 radical (unpaired) electrons.